The third kappa shape index (κ3) is 2.97. The van der Waals surface area contributed by atoms with E-state index in [1.54, 1.807) is 23.9 Å². The summed E-state index contributed by atoms with van der Waals surface area (Å²) in [6.07, 6.45) is 3.76. The predicted octanol–water partition coefficient (Wildman–Crippen LogP) is 1.18. The number of rotatable bonds is 5. The number of halogens is 1. The molecule has 12 heteroatoms. The van der Waals surface area contributed by atoms with E-state index in [9.17, 15) is 9.18 Å². The molecule has 0 atom stereocenters. The SMILES string of the molecule is Cn1c2nc(Cc3[nH]ncc3F)sc2c2cnn(CC(N)=C(C#N)C=N)c(=O)c21. The Morgan fingerprint density at radius 1 is 1.52 bits per heavy atom. The van der Waals surface area contributed by atoms with Crippen LogP contribution in [-0.4, -0.2) is 35.7 Å². The van der Waals surface area contributed by atoms with Crippen LogP contribution in [0, 0.1) is 22.6 Å². The van der Waals surface area contributed by atoms with E-state index in [2.05, 4.69) is 20.3 Å². The number of fused-ring (bicyclic) bond motifs is 3. The summed E-state index contributed by atoms with van der Waals surface area (Å²) < 4.78 is 17.2. The van der Waals surface area contributed by atoms with E-state index in [0.717, 1.165) is 21.8 Å². The first-order valence-corrected chi connectivity index (χ1v) is 9.17. The number of hydrogen-bond donors (Lipinski definition) is 3. The van der Waals surface area contributed by atoms with E-state index in [1.807, 2.05) is 0 Å². The smallest absolute Gasteiger partial charge is 0.291 e. The Morgan fingerprint density at radius 2 is 2.31 bits per heavy atom. The number of nitriles is 1. The third-order valence-electron chi connectivity index (χ3n) is 4.49. The normalized spacial score (nSPS) is 12.3. The molecule has 4 rings (SSSR count). The molecule has 0 saturated carbocycles. The zero-order valence-corrected chi connectivity index (χ0v) is 15.9. The fourth-order valence-electron chi connectivity index (χ4n) is 3.04. The minimum absolute atomic E-state index is 0.0241. The summed E-state index contributed by atoms with van der Waals surface area (Å²) in [6, 6.07) is 1.81. The van der Waals surface area contributed by atoms with Crippen molar-refractivity contribution in [2.45, 2.75) is 13.0 Å². The third-order valence-corrected chi connectivity index (χ3v) is 5.57. The van der Waals surface area contributed by atoms with Crippen LogP contribution in [0.1, 0.15) is 10.7 Å². The molecular formula is C17H14FN9OS. The Balaban J connectivity index is 1.79. The minimum Gasteiger partial charge on any atom is -0.399 e. The molecule has 0 fully saturated rings. The van der Waals surface area contributed by atoms with Gasteiger partial charge in [0.1, 0.15) is 16.6 Å². The van der Waals surface area contributed by atoms with Gasteiger partial charge in [-0.15, -0.1) is 11.3 Å². The van der Waals surface area contributed by atoms with Crippen molar-refractivity contribution < 1.29 is 4.39 Å². The lowest BCUT2D eigenvalue weighted by molar-refractivity contribution is 0.614. The lowest BCUT2D eigenvalue weighted by Gasteiger charge is -2.06. The van der Waals surface area contributed by atoms with Crippen LogP contribution in [0.2, 0.25) is 0 Å². The van der Waals surface area contributed by atoms with Crippen LogP contribution in [0.15, 0.2) is 28.5 Å². The number of aryl methyl sites for hydroxylation is 1. The van der Waals surface area contributed by atoms with E-state index >= 15 is 0 Å². The molecule has 4 heterocycles. The molecule has 4 N–H and O–H groups in total. The van der Waals surface area contributed by atoms with Gasteiger partial charge in [-0.3, -0.25) is 9.89 Å². The van der Waals surface area contributed by atoms with Gasteiger partial charge in [0.25, 0.3) is 5.56 Å². The maximum absolute atomic E-state index is 13.6. The molecule has 0 aliphatic carbocycles. The summed E-state index contributed by atoms with van der Waals surface area (Å²) >= 11 is 1.35. The van der Waals surface area contributed by atoms with Crippen molar-refractivity contribution in [1.82, 2.24) is 29.5 Å². The average molecular weight is 411 g/mol. The highest BCUT2D eigenvalue weighted by Gasteiger charge is 2.19. The van der Waals surface area contributed by atoms with Crippen LogP contribution in [0.5, 0.6) is 0 Å². The first kappa shape index (κ1) is 18.5. The van der Waals surface area contributed by atoms with Crippen molar-refractivity contribution in [1.29, 1.82) is 10.7 Å². The highest BCUT2D eigenvalue weighted by Crippen LogP contribution is 2.31. The zero-order valence-electron chi connectivity index (χ0n) is 15.1. The minimum atomic E-state index is -0.425. The van der Waals surface area contributed by atoms with E-state index in [-0.39, 0.29) is 29.8 Å². The second kappa shape index (κ2) is 6.95. The summed E-state index contributed by atoms with van der Waals surface area (Å²) in [5, 5.41) is 27.9. The molecule has 0 spiro atoms. The Labute approximate surface area is 166 Å². The standard InChI is InChI=1S/C17H14FN9OS/c1-26-14-9(5-23-27(17(14)28)7-11(21)8(3-19)4-20)15-16(26)24-13(29-15)2-12-10(18)6-22-25-12/h3,5-6,19H,2,7,21H2,1H3,(H,22,25). The highest BCUT2D eigenvalue weighted by atomic mass is 32.1. The Hall–Kier alpha value is -3.85. The van der Waals surface area contributed by atoms with Crippen LogP contribution >= 0.6 is 11.3 Å². The lowest BCUT2D eigenvalue weighted by Crippen LogP contribution is -2.27. The summed E-state index contributed by atoms with van der Waals surface area (Å²) in [6.45, 7) is -0.107. The number of aromatic nitrogens is 6. The quantitative estimate of drug-likeness (QED) is 0.331. The summed E-state index contributed by atoms with van der Waals surface area (Å²) in [4.78, 5) is 17.4. The molecule has 0 saturated heterocycles. The van der Waals surface area contributed by atoms with Gasteiger partial charge < -0.3 is 15.7 Å². The molecule has 0 radical (unpaired) electrons. The molecule has 0 aromatic carbocycles. The van der Waals surface area contributed by atoms with Gasteiger partial charge in [0, 0.05) is 30.8 Å². The number of H-pyrrole nitrogens is 1. The van der Waals surface area contributed by atoms with Gasteiger partial charge in [0.05, 0.1) is 34.9 Å². The van der Waals surface area contributed by atoms with Gasteiger partial charge in [-0.25, -0.2) is 14.1 Å². The second-order valence-corrected chi connectivity index (χ2v) is 7.34. The fourth-order valence-corrected chi connectivity index (χ4v) is 4.15. The van der Waals surface area contributed by atoms with Crippen molar-refractivity contribution >= 4 is 38.8 Å². The number of allylic oxidation sites excluding steroid dienone is 2. The Morgan fingerprint density at radius 3 is 2.97 bits per heavy atom. The largest absolute Gasteiger partial charge is 0.399 e. The maximum Gasteiger partial charge on any atom is 0.291 e. The number of hydrogen-bond acceptors (Lipinski definition) is 8. The van der Waals surface area contributed by atoms with Crippen molar-refractivity contribution in [3.63, 3.8) is 0 Å². The summed E-state index contributed by atoms with van der Waals surface area (Å²) in [5.41, 5.74) is 6.83. The van der Waals surface area contributed by atoms with Crippen LogP contribution < -0.4 is 11.3 Å². The van der Waals surface area contributed by atoms with Gasteiger partial charge in [-0.1, -0.05) is 0 Å². The van der Waals surface area contributed by atoms with E-state index < -0.39 is 5.82 Å². The molecule has 0 unspecified atom stereocenters. The van der Waals surface area contributed by atoms with Crippen molar-refractivity contribution in [2.24, 2.45) is 12.8 Å². The van der Waals surface area contributed by atoms with Crippen LogP contribution in [0.4, 0.5) is 4.39 Å². The number of nitrogens with zero attached hydrogens (tertiary/aromatic N) is 6. The van der Waals surface area contributed by atoms with Crippen LogP contribution in [-0.2, 0) is 20.0 Å². The van der Waals surface area contributed by atoms with Crippen LogP contribution in [0.25, 0.3) is 21.3 Å². The second-order valence-electron chi connectivity index (χ2n) is 6.26. The molecular weight excluding hydrogens is 397 g/mol. The molecule has 29 heavy (non-hydrogen) atoms. The molecule has 0 amide bonds. The number of thiazole rings is 1. The lowest BCUT2D eigenvalue weighted by atomic mass is 10.2. The Bertz CT molecular complexity index is 1400. The average Bonchev–Trinajstić information content (AvgIpc) is 3.36. The molecule has 0 aliphatic rings. The monoisotopic (exact) mass is 411 g/mol. The van der Waals surface area contributed by atoms with E-state index in [1.165, 1.54) is 11.3 Å². The number of nitrogens with two attached hydrogens (primary N) is 1. The topological polar surface area (TPSA) is 155 Å². The van der Waals surface area contributed by atoms with Crippen molar-refractivity contribution in [2.75, 3.05) is 0 Å². The van der Waals surface area contributed by atoms with Crippen molar-refractivity contribution in [3.8, 4) is 6.07 Å². The Kier molecular flexibility index (Phi) is 4.44. The van der Waals surface area contributed by atoms with E-state index in [0.29, 0.717) is 27.3 Å². The van der Waals surface area contributed by atoms with Gasteiger partial charge in [-0.05, 0) is 0 Å². The molecule has 4 aromatic heterocycles. The number of aromatic amines is 1. The fraction of sp³-hybridized carbons (Fsp3) is 0.176. The summed E-state index contributed by atoms with van der Waals surface area (Å²) in [7, 11) is 1.72. The van der Waals surface area contributed by atoms with Gasteiger partial charge in [0.15, 0.2) is 11.5 Å². The maximum atomic E-state index is 13.6. The van der Waals surface area contributed by atoms with Crippen LogP contribution in [0.3, 0.4) is 0 Å². The molecule has 146 valence electrons. The summed E-state index contributed by atoms with van der Waals surface area (Å²) in [5.74, 6) is -0.425. The molecule has 0 aliphatic heterocycles. The predicted molar refractivity (Wildman–Crippen MR) is 105 cm³/mol. The molecule has 0 bridgehead atoms. The highest BCUT2D eigenvalue weighted by molar-refractivity contribution is 7.19. The van der Waals surface area contributed by atoms with Gasteiger partial charge in [-0.2, -0.15) is 15.5 Å². The molecule has 10 nitrogen and oxygen atoms in total. The van der Waals surface area contributed by atoms with Gasteiger partial charge in [0.2, 0.25) is 0 Å². The zero-order chi connectivity index (χ0) is 20.7. The van der Waals surface area contributed by atoms with E-state index in [4.69, 9.17) is 16.4 Å². The van der Waals surface area contributed by atoms with Gasteiger partial charge >= 0.3 is 0 Å². The first-order chi connectivity index (χ1) is 13.9. The molecule has 4 aromatic rings. The number of nitrogens with one attached hydrogen (secondary N) is 2. The first-order valence-electron chi connectivity index (χ1n) is 8.35. The van der Waals surface area contributed by atoms with Crippen molar-refractivity contribution in [3.05, 3.63) is 50.5 Å².